The summed E-state index contributed by atoms with van der Waals surface area (Å²) in [6, 6.07) is 11.6. The Hall–Kier alpha value is -2.38. The molecule has 0 bridgehead atoms. The minimum Gasteiger partial charge on any atom is -0.419 e. The van der Waals surface area contributed by atoms with Crippen molar-refractivity contribution >= 4 is 27.3 Å². The van der Waals surface area contributed by atoms with E-state index in [0.29, 0.717) is 10.6 Å². The lowest BCUT2D eigenvalue weighted by Gasteiger charge is -2.04. The molecule has 3 aromatic rings. The molecule has 0 spiro atoms. The van der Waals surface area contributed by atoms with Gasteiger partial charge in [0.05, 0.1) is 15.5 Å². The molecule has 0 unspecified atom stereocenters. The molecule has 26 heavy (non-hydrogen) atoms. The smallest absolute Gasteiger partial charge is 0.234 e. The molecule has 1 aliphatic rings. The van der Waals surface area contributed by atoms with E-state index in [0.717, 1.165) is 25.0 Å². The summed E-state index contributed by atoms with van der Waals surface area (Å²) in [5, 5.41) is 3.23. The van der Waals surface area contributed by atoms with Crippen LogP contribution >= 0.6 is 11.6 Å². The predicted molar refractivity (Wildman–Crippen MR) is 95.4 cm³/mol. The van der Waals surface area contributed by atoms with Crippen molar-refractivity contribution in [2.75, 3.05) is 5.32 Å². The number of oxazole rings is 1. The van der Waals surface area contributed by atoms with E-state index in [1.165, 1.54) is 12.1 Å². The van der Waals surface area contributed by atoms with Crippen LogP contribution in [0.2, 0.25) is 5.02 Å². The Kier molecular flexibility index (Phi) is 4.20. The lowest BCUT2D eigenvalue weighted by Crippen LogP contribution is -2.08. The van der Waals surface area contributed by atoms with Gasteiger partial charge in [-0.15, -0.1) is 0 Å². The van der Waals surface area contributed by atoms with Gasteiger partial charge in [0.2, 0.25) is 26.6 Å². The van der Waals surface area contributed by atoms with E-state index in [1.807, 2.05) is 0 Å². The van der Waals surface area contributed by atoms with Crippen molar-refractivity contribution in [2.24, 2.45) is 0 Å². The Bertz CT molecular complexity index is 1060. The van der Waals surface area contributed by atoms with Gasteiger partial charge >= 0.3 is 0 Å². The molecule has 1 fully saturated rings. The molecule has 0 aliphatic heterocycles. The third-order valence-corrected chi connectivity index (χ3v) is 6.00. The second-order valence-electron chi connectivity index (χ2n) is 6.01. The second-order valence-corrected chi connectivity index (χ2v) is 8.28. The first kappa shape index (κ1) is 17.1. The molecule has 1 heterocycles. The van der Waals surface area contributed by atoms with Crippen molar-refractivity contribution < 1.29 is 17.2 Å². The Balaban J connectivity index is 1.83. The molecule has 2 aromatic carbocycles. The quantitative estimate of drug-likeness (QED) is 0.645. The average Bonchev–Trinajstić information content (AvgIpc) is 3.32. The molecule has 0 amide bonds. The number of hydrogen-bond donors (Lipinski definition) is 1. The lowest BCUT2D eigenvalue weighted by molar-refractivity contribution is 0.576. The number of aromatic nitrogens is 1. The van der Waals surface area contributed by atoms with Crippen molar-refractivity contribution in [2.45, 2.75) is 28.8 Å². The molecule has 1 saturated carbocycles. The van der Waals surface area contributed by atoms with E-state index in [4.69, 9.17) is 16.0 Å². The summed E-state index contributed by atoms with van der Waals surface area (Å²) >= 11 is 6.18. The largest absolute Gasteiger partial charge is 0.419 e. The third-order valence-electron chi connectivity index (χ3n) is 3.99. The van der Waals surface area contributed by atoms with Gasteiger partial charge in [0, 0.05) is 6.04 Å². The standard InChI is InChI=1S/C18H14ClFN2O3S/c19-15-4-2-1-3-14(15)16-22-18(17(25-16)21-12-7-8-12)26(23,24)13-9-5-11(20)6-10-13/h1-6,9-10,12,21H,7-8H2. The van der Waals surface area contributed by atoms with Crippen LogP contribution in [0.3, 0.4) is 0 Å². The maximum atomic E-state index is 13.2. The summed E-state index contributed by atoms with van der Waals surface area (Å²) in [6.45, 7) is 0. The van der Waals surface area contributed by atoms with Crippen LogP contribution in [0.4, 0.5) is 10.3 Å². The van der Waals surface area contributed by atoms with Crippen LogP contribution in [0.25, 0.3) is 11.5 Å². The highest BCUT2D eigenvalue weighted by Crippen LogP contribution is 2.37. The van der Waals surface area contributed by atoms with Crippen molar-refractivity contribution in [3.63, 3.8) is 0 Å². The van der Waals surface area contributed by atoms with E-state index in [2.05, 4.69) is 10.3 Å². The summed E-state index contributed by atoms with van der Waals surface area (Å²) in [6.07, 6.45) is 1.86. The van der Waals surface area contributed by atoms with E-state index < -0.39 is 15.7 Å². The first-order valence-corrected chi connectivity index (χ1v) is 9.84. The molecule has 134 valence electrons. The molecule has 8 heteroatoms. The zero-order valence-electron chi connectivity index (χ0n) is 13.4. The lowest BCUT2D eigenvalue weighted by atomic mass is 10.2. The summed E-state index contributed by atoms with van der Waals surface area (Å²) in [7, 11) is -3.98. The van der Waals surface area contributed by atoms with Crippen molar-refractivity contribution in [1.29, 1.82) is 0 Å². The van der Waals surface area contributed by atoms with Crippen LogP contribution in [0.1, 0.15) is 12.8 Å². The van der Waals surface area contributed by atoms with E-state index in [1.54, 1.807) is 24.3 Å². The van der Waals surface area contributed by atoms with Crippen molar-refractivity contribution in [1.82, 2.24) is 4.98 Å². The van der Waals surface area contributed by atoms with Crippen LogP contribution in [0, 0.1) is 5.82 Å². The second kappa shape index (κ2) is 6.41. The van der Waals surface area contributed by atoms with Crippen LogP contribution in [0.5, 0.6) is 0 Å². The zero-order chi connectivity index (χ0) is 18.3. The average molecular weight is 393 g/mol. The summed E-state index contributed by atoms with van der Waals surface area (Å²) in [4.78, 5) is 4.14. The van der Waals surface area contributed by atoms with Gasteiger partial charge in [0.15, 0.2) is 0 Å². The van der Waals surface area contributed by atoms with Gasteiger partial charge in [0.1, 0.15) is 5.82 Å². The number of anilines is 1. The first-order valence-electron chi connectivity index (χ1n) is 7.98. The Morgan fingerprint density at radius 3 is 2.46 bits per heavy atom. The third kappa shape index (κ3) is 3.20. The van der Waals surface area contributed by atoms with Crippen LogP contribution < -0.4 is 5.32 Å². The maximum Gasteiger partial charge on any atom is 0.234 e. The van der Waals surface area contributed by atoms with Gasteiger partial charge in [-0.05, 0) is 49.2 Å². The first-order chi connectivity index (χ1) is 12.4. The molecule has 0 radical (unpaired) electrons. The van der Waals surface area contributed by atoms with Gasteiger partial charge < -0.3 is 9.73 Å². The summed E-state index contributed by atoms with van der Waals surface area (Å²) < 4.78 is 44.8. The highest BCUT2D eigenvalue weighted by atomic mass is 35.5. The molecule has 1 aliphatic carbocycles. The molecule has 1 N–H and O–H groups in total. The minimum atomic E-state index is -3.98. The van der Waals surface area contributed by atoms with Crippen molar-refractivity contribution in [3.8, 4) is 11.5 Å². The van der Waals surface area contributed by atoms with Gasteiger partial charge in [-0.3, -0.25) is 0 Å². The molecular formula is C18H14ClFN2O3S. The van der Waals surface area contributed by atoms with Gasteiger partial charge in [-0.25, -0.2) is 12.8 Å². The highest BCUT2D eigenvalue weighted by molar-refractivity contribution is 7.91. The predicted octanol–water partition coefficient (Wildman–Crippen LogP) is 4.54. The number of benzene rings is 2. The Morgan fingerprint density at radius 2 is 1.81 bits per heavy atom. The van der Waals surface area contributed by atoms with Crippen LogP contribution in [0.15, 0.2) is 62.9 Å². The van der Waals surface area contributed by atoms with Crippen LogP contribution in [-0.4, -0.2) is 19.4 Å². The number of rotatable bonds is 5. The summed E-state index contributed by atoms with van der Waals surface area (Å²) in [5.41, 5.74) is 0.494. The molecule has 0 atom stereocenters. The van der Waals surface area contributed by atoms with Gasteiger partial charge in [0.25, 0.3) is 0 Å². The monoisotopic (exact) mass is 392 g/mol. The topological polar surface area (TPSA) is 72.2 Å². The summed E-state index contributed by atoms with van der Waals surface area (Å²) in [5.74, 6) is -0.330. The van der Waals surface area contributed by atoms with Gasteiger partial charge in [-0.1, -0.05) is 23.7 Å². The molecular weight excluding hydrogens is 379 g/mol. The van der Waals surface area contributed by atoms with Crippen LogP contribution in [-0.2, 0) is 9.84 Å². The molecule has 4 rings (SSSR count). The van der Waals surface area contributed by atoms with Gasteiger partial charge in [-0.2, -0.15) is 4.98 Å². The Labute approximate surface area is 154 Å². The number of halogens is 2. The zero-order valence-corrected chi connectivity index (χ0v) is 15.0. The molecule has 5 nitrogen and oxygen atoms in total. The molecule has 1 aromatic heterocycles. The molecule has 0 saturated heterocycles. The normalized spacial score (nSPS) is 14.4. The van der Waals surface area contributed by atoms with E-state index >= 15 is 0 Å². The highest BCUT2D eigenvalue weighted by Gasteiger charge is 2.32. The Morgan fingerprint density at radius 1 is 1.12 bits per heavy atom. The fourth-order valence-electron chi connectivity index (χ4n) is 2.47. The maximum absolute atomic E-state index is 13.2. The fourth-order valence-corrected chi connectivity index (χ4v) is 3.95. The van der Waals surface area contributed by atoms with E-state index in [9.17, 15) is 12.8 Å². The number of nitrogens with zero attached hydrogens (tertiary/aromatic N) is 1. The van der Waals surface area contributed by atoms with Crippen molar-refractivity contribution in [3.05, 3.63) is 59.4 Å². The number of sulfone groups is 1. The minimum absolute atomic E-state index is 0.0586. The number of hydrogen-bond acceptors (Lipinski definition) is 5. The SMILES string of the molecule is O=S(=O)(c1ccc(F)cc1)c1nc(-c2ccccc2Cl)oc1NC1CC1. The fraction of sp³-hybridized carbons (Fsp3) is 0.167. The van der Waals surface area contributed by atoms with E-state index in [-0.39, 0.29) is 27.7 Å². The number of nitrogens with one attached hydrogen (secondary N) is 1.